The summed E-state index contributed by atoms with van der Waals surface area (Å²) >= 11 is 5.70. The highest BCUT2D eigenvalue weighted by Gasteiger charge is 2.14. The number of hydrogen-bond acceptors (Lipinski definition) is 1. The topological polar surface area (TPSA) is 32.3 Å². The maximum atomic E-state index is 13.0. The molecule has 19 heavy (non-hydrogen) atoms. The molecule has 2 rings (SSSR count). The van der Waals surface area contributed by atoms with Crippen LogP contribution < -0.4 is 5.32 Å². The Hall–Kier alpha value is -1.29. The predicted octanol–water partition coefficient (Wildman–Crippen LogP) is 3.56. The summed E-state index contributed by atoms with van der Waals surface area (Å²) in [6.45, 7) is 2.00. The van der Waals surface area contributed by atoms with Crippen LogP contribution in [0.15, 0.2) is 18.2 Å². The van der Waals surface area contributed by atoms with Gasteiger partial charge in [-0.1, -0.05) is 30.5 Å². The average molecular weight is 285 g/mol. The Kier molecular flexibility index (Phi) is 5.02. The van der Waals surface area contributed by atoms with Crippen LogP contribution in [0.3, 0.4) is 0 Å². The lowest BCUT2D eigenvalue weighted by molar-refractivity contribution is 0.199. The van der Waals surface area contributed by atoms with Crippen LogP contribution in [0, 0.1) is 5.82 Å². The third-order valence-corrected chi connectivity index (χ3v) is 3.61. The summed E-state index contributed by atoms with van der Waals surface area (Å²) in [5.74, 6) is -0.440. The zero-order valence-electron chi connectivity index (χ0n) is 10.8. The van der Waals surface area contributed by atoms with E-state index in [1.807, 2.05) is 4.90 Å². The lowest BCUT2D eigenvalue weighted by atomic mass is 10.2. The van der Waals surface area contributed by atoms with Gasteiger partial charge in [-0.2, -0.15) is 0 Å². The second-order valence-electron chi connectivity index (χ2n) is 4.81. The number of urea groups is 1. The molecule has 0 bridgehead atoms. The third kappa shape index (κ3) is 4.10. The highest BCUT2D eigenvalue weighted by Crippen LogP contribution is 2.16. The van der Waals surface area contributed by atoms with Crippen molar-refractivity contribution in [1.82, 2.24) is 10.2 Å². The zero-order chi connectivity index (χ0) is 13.7. The molecule has 1 fully saturated rings. The smallest absolute Gasteiger partial charge is 0.317 e. The van der Waals surface area contributed by atoms with Gasteiger partial charge in [0.1, 0.15) is 5.82 Å². The number of nitrogens with zero attached hydrogens (tertiary/aromatic N) is 1. The van der Waals surface area contributed by atoms with Crippen molar-refractivity contribution in [2.75, 3.05) is 13.1 Å². The number of likely N-dealkylation sites (tertiary alicyclic amines) is 1. The van der Waals surface area contributed by atoms with E-state index in [-0.39, 0.29) is 11.1 Å². The van der Waals surface area contributed by atoms with Gasteiger partial charge in [-0.05, 0) is 30.5 Å². The monoisotopic (exact) mass is 284 g/mol. The fourth-order valence-electron chi connectivity index (χ4n) is 2.21. The number of nitrogens with one attached hydrogen (secondary N) is 1. The SMILES string of the molecule is O=C(NCc1ccc(F)c(Cl)c1)N1CCCCCC1. The molecule has 1 aliphatic rings. The van der Waals surface area contributed by atoms with Gasteiger partial charge in [0.25, 0.3) is 0 Å². The maximum Gasteiger partial charge on any atom is 0.317 e. The fraction of sp³-hybridized carbons (Fsp3) is 0.500. The molecule has 0 spiro atoms. The molecule has 1 heterocycles. The Labute approximate surface area is 117 Å². The Bertz CT molecular complexity index is 445. The molecule has 3 nitrogen and oxygen atoms in total. The normalized spacial score (nSPS) is 16.0. The molecule has 5 heteroatoms. The van der Waals surface area contributed by atoms with Gasteiger partial charge in [-0.25, -0.2) is 9.18 Å². The Balaban J connectivity index is 1.86. The number of rotatable bonds is 2. The van der Waals surface area contributed by atoms with Crippen molar-refractivity contribution in [3.05, 3.63) is 34.6 Å². The highest BCUT2D eigenvalue weighted by molar-refractivity contribution is 6.30. The molecule has 0 radical (unpaired) electrons. The van der Waals surface area contributed by atoms with Crippen molar-refractivity contribution >= 4 is 17.6 Å². The summed E-state index contributed by atoms with van der Waals surface area (Å²) in [6.07, 6.45) is 4.51. The second-order valence-corrected chi connectivity index (χ2v) is 5.22. The quantitative estimate of drug-likeness (QED) is 0.885. The summed E-state index contributed by atoms with van der Waals surface area (Å²) in [5, 5.41) is 2.93. The van der Waals surface area contributed by atoms with Gasteiger partial charge < -0.3 is 10.2 Å². The van der Waals surface area contributed by atoms with Crippen LogP contribution >= 0.6 is 11.6 Å². The average Bonchev–Trinajstić information content (AvgIpc) is 2.69. The maximum absolute atomic E-state index is 13.0. The number of amides is 2. The van der Waals surface area contributed by atoms with Gasteiger partial charge in [0.05, 0.1) is 5.02 Å². The summed E-state index contributed by atoms with van der Waals surface area (Å²) in [7, 11) is 0. The van der Waals surface area contributed by atoms with E-state index in [0.717, 1.165) is 31.5 Å². The van der Waals surface area contributed by atoms with Crippen LogP contribution in [0.1, 0.15) is 31.2 Å². The molecule has 0 saturated carbocycles. The van der Waals surface area contributed by atoms with E-state index in [2.05, 4.69) is 5.32 Å². The van der Waals surface area contributed by atoms with E-state index in [0.29, 0.717) is 6.54 Å². The minimum absolute atomic E-state index is 0.0534. The fourth-order valence-corrected chi connectivity index (χ4v) is 2.42. The van der Waals surface area contributed by atoms with Gasteiger partial charge in [0.2, 0.25) is 0 Å². The number of halogens is 2. The lowest BCUT2D eigenvalue weighted by Gasteiger charge is -2.20. The van der Waals surface area contributed by atoms with E-state index in [9.17, 15) is 9.18 Å². The van der Waals surface area contributed by atoms with Crippen LogP contribution in [0.25, 0.3) is 0 Å². The molecule has 1 saturated heterocycles. The largest absolute Gasteiger partial charge is 0.334 e. The number of carbonyl (C=O) groups is 1. The molecule has 0 aliphatic carbocycles. The molecule has 104 valence electrons. The molecular weight excluding hydrogens is 267 g/mol. The van der Waals surface area contributed by atoms with Gasteiger partial charge in [-0.15, -0.1) is 0 Å². The van der Waals surface area contributed by atoms with Gasteiger partial charge in [-0.3, -0.25) is 0 Å². The standard InChI is InChI=1S/C14H18ClFN2O/c15-12-9-11(5-6-13(12)16)10-17-14(19)18-7-3-1-2-4-8-18/h5-6,9H,1-4,7-8,10H2,(H,17,19). The molecule has 2 amide bonds. The van der Waals surface area contributed by atoms with E-state index in [1.54, 1.807) is 12.1 Å². The molecule has 0 aromatic heterocycles. The predicted molar refractivity (Wildman–Crippen MR) is 73.7 cm³/mol. The molecule has 0 atom stereocenters. The van der Waals surface area contributed by atoms with Crippen molar-refractivity contribution < 1.29 is 9.18 Å². The first-order valence-corrected chi connectivity index (χ1v) is 7.01. The van der Waals surface area contributed by atoms with Gasteiger partial charge in [0, 0.05) is 19.6 Å². The van der Waals surface area contributed by atoms with Crippen LogP contribution in [-0.2, 0) is 6.54 Å². The van der Waals surface area contributed by atoms with Crippen molar-refractivity contribution in [2.45, 2.75) is 32.2 Å². The van der Waals surface area contributed by atoms with Crippen molar-refractivity contribution in [2.24, 2.45) is 0 Å². The zero-order valence-corrected chi connectivity index (χ0v) is 11.5. The van der Waals surface area contributed by atoms with E-state index in [1.165, 1.54) is 18.9 Å². The minimum Gasteiger partial charge on any atom is -0.334 e. The molecule has 1 aliphatic heterocycles. The van der Waals surface area contributed by atoms with Crippen molar-refractivity contribution in [3.8, 4) is 0 Å². The van der Waals surface area contributed by atoms with Crippen LogP contribution in [0.2, 0.25) is 5.02 Å². The minimum atomic E-state index is -0.440. The number of hydrogen-bond donors (Lipinski definition) is 1. The Morgan fingerprint density at radius 1 is 1.26 bits per heavy atom. The van der Waals surface area contributed by atoms with E-state index < -0.39 is 5.82 Å². The van der Waals surface area contributed by atoms with Crippen molar-refractivity contribution in [1.29, 1.82) is 0 Å². The van der Waals surface area contributed by atoms with Crippen LogP contribution in [0.5, 0.6) is 0 Å². The first kappa shape index (κ1) is 14.1. The van der Waals surface area contributed by atoms with Gasteiger partial charge >= 0.3 is 6.03 Å². The summed E-state index contributed by atoms with van der Waals surface area (Å²) in [4.78, 5) is 13.8. The second kappa shape index (κ2) is 6.75. The van der Waals surface area contributed by atoms with Crippen LogP contribution in [0.4, 0.5) is 9.18 Å². The molecule has 1 N–H and O–H groups in total. The number of carbonyl (C=O) groups excluding carboxylic acids is 1. The van der Waals surface area contributed by atoms with E-state index >= 15 is 0 Å². The molecule has 1 aromatic carbocycles. The molecule has 0 unspecified atom stereocenters. The summed E-state index contributed by atoms with van der Waals surface area (Å²) < 4.78 is 13.0. The molecular formula is C14H18ClFN2O. The van der Waals surface area contributed by atoms with E-state index in [4.69, 9.17) is 11.6 Å². The van der Waals surface area contributed by atoms with Crippen molar-refractivity contribution in [3.63, 3.8) is 0 Å². The highest BCUT2D eigenvalue weighted by atomic mass is 35.5. The lowest BCUT2D eigenvalue weighted by Crippen LogP contribution is -2.40. The first-order chi connectivity index (χ1) is 9.16. The summed E-state index contributed by atoms with van der Waals surface area (Å²) in [5.41, 5.74) is 0.801. The Morgan fingerprint density at radius 3 is 2.58 bits per heavy atom. The van der Waals surface area contributed by atoms with Gasteiger partial charge in [0.15, 0.2) is 0 Å². The van der Waals surface area contributed by atoms with Crippen LogP contribution in [-0.4, -0.2) is 24.0 Å². The molecule has 1 aromatic rings. The Morgan fingerprint density at radius 2 is 1.95 bits per heavy atom. The first-order valence-electron chi connectivity index (χ1n) is 6.63. The number of benzene rings is 1. The third-order valence-electron chi connectivity index (χ3n) is 3.32. The summed E-state index contributed by atoms with van der Waals surface area (Å²) in [6, 6.07) is 4.43.